The van der Waals surface area contributed by atoms with Gasteiger partial charge in [-0.2, -0.15) is 0 Å². The van der Waals surface area contributed by atoms with Crippen LogP contribution in [0.5, 0.6) is 0 Å². The molecule has 1 N–H and O–H groups in total. The van der Waals surface area contributed by atoms with Crippen LogP contribution in [0.25, 0.3) is 0 Å². The maximum absolute atomic E-state index is 10.0. The third-order valence-corrected chi connectivity index (χ3v) is 4.55. The van der Waals surface area contributed by atoms with Crippen molar-refractivity contribution in [1.82, 2.24) is 0 Å². The molecule has 0 radical (unpaired) electrons. The smallest absolute Gasteiger partial charge is 0.157 e. The van der Waals surface area contributed by atoms with E-state index in [1.807, 2.05) is 0 Å². The molecule has 7 heteroatoms. The average molecular weight is 334 g/mol. The van der Waals surface area contributed by atoms with E-state index in [0.717, 1.165) is 25.9 Å². The maximum atomic E-state index is 10.0. The third kappa shape index (κ3) is 4.63. The minimum absolute atomic E-state index is 0.198. The Morgan fingerprint density at radius 3 is 2.26 bits per heavy atom. The monoisotopic (exact) mass is 334 g/mol. The van der Waals surface area contributed by atoms with Gasteiger partial charge in [0.1, 0.15) is 30.5 Å². The van der Waals surface area contributed by atoms with E-state index in [1.54, 1.807) is 28.3 Å². The molecule has 136 valence electrons. The third-order valence-electron chi connectivity index (χ3n) is 4.55. The van der Waals surface area contributed by atoms with Crippen molar-refractivity contribution < 1.29 is 33.5 Å². The average Bonchev–Trinajstić information content (AvgIpc) is 2.58. The van der Waals surface area contributed by atoms with E-state index in [1.165, 1.54) is 0 Å². The van der Waals surface area contributed by atoms with Crippen LogP contribution < -0.4 is 0 Å². The molecule has 2 saturated heterocycles. The molecule has 2 heterocycles. The van der Waals surface area contributed by atoms with E-state index < -0.39 is 18.3 Å². The van der Waals surface area contributed by atoms with Gasteiger partial charge in [-0.15, -0.1) is 0 Å². The minimum atomic E-state index is -0.691. The first kappa shape index (κ1) is 19.1. The minimum Gasteiger partial charge on any atom is -0.391 e. The van der Waals surface area contributed by atoms with Crippen molar-refractivity contribution >= 4 is 0 Å². The highest BCUT2D eigenvalue weighted by Crippen LogP contribution is 2.29. The van der Waals surface area contributed by atoms with Crippen LogP contribution >= 0.6 is 0 Å². The number of aliphatic hydroxyl groups is 1. The lowest BCUT2D eigenvalue weighted by Gasteiger charge is -2.46. The molecule has 7 nitrogen and oxygen atoms in total. The van der Waals surface area contributed by atoms with Crippen LogP contribution in [-0.4, -0.2) is 82.6 Å². The molecule has 0 aromatic carbocycles. The van der Waals surface area contributed by atoms with Gasteiger partial charge in [0.05, 0.1) is 12.7 Å². The van der Waals surface area contributed by atoms with Gasteiger partial charge in [0, 0.05) is 27.9 Å². The van der Waals surface area contributed by atoms with Crippen molar-refractivity contribution in [2.45, 2.75) is 69.1 Å². The summed E-state index contributed by atoms with van der Waals surface area (Å²) in [6.07, 6.45) is 0.213. The predicted octanol–water partition coefficient (Wildman–Crippen LogP) is 0.723. The van der Waals surface area contributed by atoms with Crippen LogP contribution in [0, 0.1) is 0 Å². The number of methoxy groups -OCH3 is 3. The number of rotatable bonds is 7. The summed E-state index contributed by atoms with van der Waals surface area (Å²) in [7, 11) is 4.80. The van der Waals surface area contributed by atoms with Gasteiger partial charge in [-0.1, -0.05) is 0 Å². The molecular weight excluding hydrogens is 304 g/mol. The molecule has 0 aromatic heterocycles. The standard InChI is InChI=1S/C16H30O7/c1-10(17)13-15(19-3)16(20-4)14(18-2)11(23-13)9-22-12-7-5-6-8-21-12/h10-17H,5-9H2,1-4H3/t10?,11-,12?,13-,14-,15+,16+/m1/s1. The summed E-state index contributed by atoms with van der Waals surface area (Å²) in [5.41, 5.74) is 0. The first-order valence-corrected chi connectivity index (χ1v) is 8.27. The van der Waals surface area contributed by atoms with Crippen molar-refractivity contribution in [2.24, 2.45) is 0 Å². The van der Waals surface area contributed by atoms with Gasteiger partial charge in [0.15, 0.2) is 6.29 Å². The zero-order valence-corrected chi connectivity index (χ0v) is 14.5. The fraction of sp³-hybridized carbons (Fsp3) is 1.00. The van der Waals surface area contributed by atoms with Gasteiger partial charge in [0.25, 0.3) is 0 Å². The van der Waals surface area contributed by atoms with Crippen LogP contribution in [0.15, 0.2) is 0 Å². The molecule has 2 aliphatic rings. The van der Waals surface area contributed by atoms with E-state index in [2.05, 4.69) is 0 Å². The molecule has 0 aliphatic carbocycles. The quantitative estimate of drug-likeness (QED) is 0.735. The molecule has 2 aliphatic heterocycles. The molecule has 2 rings (SSSR count). The van der Waals surface area contributed by atoms with Crippen LogP contribution in [0.3, 0.4) is 0 Å². The van der Waals surface area contributed by atoms with Crippen molar-refractivity contribution in [1.29, 1.82) is 0 Å². The van der Waals surface area contributed by atoms with Crippen LogP contribution in [0.4, 0.5) is 0 Å². The summed E-state index contributed by atoms with van der Waals surface area (Å²) in [4.78, 5) is 0. The van der Waals surface area contributed by atoms with Crippen molar-refractivity contribution in [2.75, 3.05) is 34.5 Å². The summed E-state index contributed by atoms with van der Waals surface area (Å²) in [5.74, 6) is 0. The highest BCUT2D eigenvalue weighted by atomic mass is 16.7. The fourth-order valence-electron chi connectivity index (χ4n) is 3.33. The fourth-order valence-corrected chi connectivity index (χ4v) is 3.33. The largest absolute Gasteiger partial charge is 0.391 e. The molecule has 0 spiro atoms. The Morgan fingerprint density at radius 1 is 1.04 bits per heavy atom. The SMILES string of the molecule is CO[C@@H]1[C@@H](OC)[C@@H](C(C)O)O[C@H](COC2CCCCO2)[C@H]1OC. The second-order valence-corrected chi connectivity index (χ2v) is 6.11. The van der Waals surface area contributed by atoms with Crippen molar-refractivity contribution in [3.05, 3.63) is 0 Å². The molecule has 0 aromatic rings. The molecule has 7 atom stereocenters. The van der Waals surface area contributed by atoms with E-state index in [9.17, 15) is 5.11 Å². The Hall–Kier alpha value is -0.280. The van der Waals surface area contributed by atoms with Crippen LogP contribution in [-0.2, 0) is 28.4 Å². The van der Waals surface area contributed by atoms with Crippen LogP contribution in [0.1, 0.15) is 26.2 Å². The lowest BCUT2D eigenvalue weighted by atomic mass is 9.92. The van der Waals surface area contributed by atoms with Gasteiger partial charge in [-0.3, -0.25) is 0 Å². The van der Waals surface area contributed by atoms with Gasteiger partial charge in [-0.25, -0.2) is 0 Å². The molecular formula is C16H30O7. The molecule has 2 unspecified atom stereocenters. The molecule has 2 fully saturated rings. The van der Waals surface area contributed by atoms with Crippen LogP contribution in [0.2, 0.25) is 0 Å². The van der Waals surface area contributed by atoms with E-state index in [4.69, 9.17) is 28.4 Å². The lowest BCUT2D eigenvalue weighted by Crippen LogP contribution is -2.63. The van der Waals surface area contributed by atoms with E-state index >= 15 is 0 Å². The highest BCUT2D eigenvalue weighted by molar-refractivity contribution is 4.96. The van der Waals surface area contributed by atoms with Crippen molar-refractivity contribution in [3.8, 4) is 0 Å². The Kier molecular flexibility index (Phi) is 7.68. The highest BCUT2D eigenvalue weighted by Gasteiger charge is 2.48. The van der Waals surface area contributed by atoms with Gasteiger partial charge >= 0.3 is 0 Å². The normalized spacial score (nSPS) is 40.0. The zero-order chi connectivity index (χ0) is 16.8. The predicted molar refractivity (Wildman–Crippen MR) is 82.3 cm³/mol. The van der Waals surface area contributed by atoms with E-state index in [-0.39, 0.29) is 24.6 Å². The summed E-state index contributed by atoms with van der Waals surface area (Å²) in [5, 5.41) is 10.0. The number of hydrogen-bond acceptors (Lipinski definition) is 7. The Labute approximate surface area is 138 Å². The summed E-state index contributed by atoms with van der Waals surface area (Å²) in [6.45, 7) is 2.73. The lowest BCUT2D eigenvalue weighted by molar-refractivity contribution is -0.277. The van der Waals surface area contributed by atoms with Gasteiger partial charge in [0.2, 0.25) is 0 Å². The molecule has 23 heavy (non-hydrogen) atoms. The summed E-state index contributed by atoms with van der Waals surface area (Å²) in [6, 6.07) is 0. The molecule has 0 amide bonds. The first-order chi connectivity index (χ1) is 11.1. The summed E-state index contributed by atoms with van der Waals surface area (Å²) >= 11 is 0. The number of ether oxygens (including phenoxy) is 6. The Bertz CT molecular complexity index is 332. The van der Waals surface area contributed by atoms with Gasteiger partial charge in [-0.05, 0) is 26.2 Å². The topological polar surface area (TPSA) is 75.6 Å². The molecule has 0 saturated carbocycles. The molecule has 0 bridgehead atoms. The van der Waals surface area contributed by atoms with E-state index in [0.29, 0.717) is 6.61 Å². The summed E-state index contributed by atoms with van der Waals surface area (Å²) < 4.78 is 34.1. The number of aliphatic hydroxyl groups excluding tert-OH is 1. The second kappa shape index (κ2) is 9.27. The Morgan fingerprint density at radius 2 is 1.74 bits per heavy atom. The van der Waals surface area contributed by atoms with Crippen molar-refractivity contribution in [3.63, 3.8) is 0 Å². The second-order valence-electron chi connectivity index (χ2n) is 6.11. The van der Waals surface area contributed by atoms with Gasteiger partial charge < -0.3 is 33.5 Å². The number of hydrogen-bond donors (Lipinski definition) is 1. The zero-order valence-electron chi connectivity index (χ0n) is 14.5. The first-order valence-electron chi connectivity index (χ1n) is 8.27. The maximum Gasteiger partial charge on any atom is 0.157 e. The Balaban J connectivity index is 2.03.